The lowest BCUT2D eigenvalue weighted by atomic mass is 10.1. The normalized spacial score (nSPS) is 16.1. The molecule has 0 saturated heterocycles. The van der Waals surface area contributed by atoms with Gasteiger partial charge >= 0.3 is 0 Å². The molecular weight excluding hydrogens is 253 g/mol. The van der Waals surface area contributed by atoms with Gasteiger partial charge in [-0.05, 0) is 19.9 Å². The number of nitrogens with one attached hydrogen (secondary N) is 1. The van der Waals surface area contributed by atoms with E-state index in [4.69, 9.17) is 4.74 Å². The monoisotopic (exact) mass is 273 g/mol. The average molecular weight is 273 g/mol. The van der Waals surface area contributed by atoms with Crippen molar-refractivity contribution in [2.45, 2.75) is 25.1 Å². The fourth-order valence-corrected chi connectivity index (χ4v) is 1.89. The second-order valence-corrected chi connectivity index (χ2v) is 6.13. The number of hydrogen-bond donors (Lipinski definition) is 1. The molecule has 0 unspecified atom stereocenters. The molecule has 1 aromatic carbocycles. The van der Waals surface area contributed by atoms with Crippen molar-refractivity contribution in [3.63, 3.8) is 0 Å². The molecule has 5 heteroatoms. The molecule has 0 amide bonds. The molecule has 0 spiro atoms. The molecule has 0 heterocycles. The van der Waals surface area contributed by atoms with Crippen molar-refractivity contribution in [2.75, 3.05) is 19.9 Å². The lowest BCUT2D eigenvalue weighted by molar-refractivity contribution is 0.409. The van der Waals surface area contributed by atoms with Gasteiger partial charge in [0.25, 0.3) is 0 Å². The smallest absolute Gasteiger partial charge is 0.131 e. The van der Waals surface area contributed by atoms with E-state index in [-0.39, 0.29) is 17.1 Å². The van der Waals surface area contributed by atoms with Gasteiger partial charge in [-0.15, -0.1) is 0 Å². The molecule has 1 rings (SSSR count). The largest absolute Gasteiger partial charge is 0.497 e. The van der Waals surface area contributed by atoms with Gasteiger partial charge in [0.1, 0.15) is 11.6 Å². The zero-order valence-corrected chi connectivity index (χ0v) is 12.0. The van der Waals surface area contributed by atoms with Gasteiger partial charge in [-0.1, -0.05) is 6.07 Å². The van der Waals surface area contributed by atoms with Crippen LogP contribution in [-0.4, -0.2) is 29.4 Å². The minimum Gasteiger partial charge on any atom is -0.497 e. The number of methoxy groups -OCH3 is 1. The molecule has 3 atom stereocenters. The second-order valence-electron chi connectivity index (χ2n) is 4.33. The molecule has 3 nitrogen and oxygen atoms in total. The first kappa shape index (κ1) is 15.1. The Morgan fingerprint density at radius 3 is 2.61 bits per heavy atom. The number of halogens is 1. The van der Waals surface area contributed by atoms with Gasteiger partial charge in [-0.25, -0.2) is 4.39 Å². The van der Waals surface area contributed by atoms with E-state index in [0.29, 0.717) is 17.9 Å². The Labute approximate surface area is 110 Å². The minimum atomic E-state index is -0.870. The van der Waals surface area contributed by atoms with Gasteiger partial charge in [-0.2, -0.15) is 0 Å². The Kier molecular flexibility index (Phi) is 5.75. The summed E-state index contributed by atoms with van der Waals surface area (Å²) in [7, 11) is 0.638. The van der Waals surface area contributed by atoms with Crippen LogP contribution in [0.4, 0.5) is 4.39 Å². The third-order valence-corrected chi connectivity index (χ3v) is 4.25. The summed E-state index contributed by atoms with van der Waals surface area (Å²) >= 11 is 0. The molecule has 18 heavy (non-hydrogen) atoms. The molecule has 1 N–H and O–H groups in total. The maximum absolute atomic E-state index is 13.8. The van der Waals surface area contributed by atoms with Gasteiger partial charge in [-0.3, -0.25) is 4.21 Å². The zero-order valence-electron chi connectivity index (χ0n) is 11.2. The van der Waals surface area contributed by atoms with Crippen LogP contribution in [0.15, 0.2) is 18.2 Å². The lowest BCUT2D eigenvalue weighted by Gasteiger charge is -2.17. The van der Waals surface area contributed by atoms with Crippen molar-refractivity contribution in [1.29, 1.82) is 0 Å². The Hall–Kier alpha value is -0.940. The van der Waals surface area contributed by atoms with Gasteiger partial charge in [0.2, 0.25) is 0 Å². The van der Waals surface area contributed by atoms with Crippen LogP contribution in [0.2, 0.25) is 0 Å². The van der Waals surface area contributed by atoms with Crippen molar-refractivity contribution in [3.8, 4) is 5.75 Å². The van der Waals surface area contributed by atoms with Crippen LogP contribution < -0.4 is 10.1 Å². The summed E-state index contributed by atoms with van der Waals surface area (Å²) < 4.78 is 30.0. The third-order valence-electron chi connectivity index (χ3n) is 2.95. The lowest BCUT2D eigenvalue weighted by Crippen LogP contribution is -2.30. The summed E-state index contributed by atoms with van der Waals surface area (Å²) in [6.45, 7) is 4.38. The first-order valence-corrected chi connectivity index (χ1v) is 7.47. The first-order chi connectivity index (χ1) is 8.45. The van der Waals surface area contributed by atoms with Gasteiger partial charge < -0.3 is 10.1 Å². The quantitative estimate of drug-likeness (QED) is 0.864. The summed E-state index contributed by atoms with van der Waals surface area (Å²) in [5, 5.41) is 3.23. The molecule has 0 aromatic heterocycles. The van der Waals surface area contributed by atoms with Gasteiger partial charge in [0.15, 0.2) is 0 Å². The topological polar surface area (TPSA) is 38.3 Å². The van der Waals surface area contributed by atoms with E-state index in [2.05, 4.69) is 5.32 Å². The van der Waals surface area contributed by atoms with E-state index in [1.807, 2.05) is 13.8 Å². The maximum Gasteiger partial charge on any atom is 0.131 e. The van der Waals surface area contributed by atoms with E-state index in [1.165, 1.54) is 13.2 Å². The molecule has 102 valence electrons. The summed E-state index contributed by atoms with van der Waals surface area (Å²) in [6, 6.07) is 4.69. The summed E-state index contributed by atoms with van der Waals surface area (Å²) in [6.07, 6.45) is 1.67. The number of ether oxygens (including phenoxy) is 1. The van der Waals surface area contributed by atoms with E-state index in [9.17, 15) is 8.60 Å². The molecule has 0 fully saturated rings. The zero-order chi connectivity index (χ0) is 13.7. The maximum atomic E-state index is 13.8. The number of rotatable bonds is 6. The van der Waals surface area contributed by atoms with Crippen LogP contribution in [0.1, 0.15) is 25.5 Å². The Morgan fingerprint density at radius 1 is 1.44 bits per heavy atom. The van der Waals surface area contributed by atoms with Crippen LogP contribution in [-0.2, 0) is 10.8 Å². The highest BCUT2D eigenvalue weighted by Gasteiger charge is 2.13. The standard InChI is InChI=1S/C13H20FNO2S/c1-9(18(4)16)8-15-10(2)12-6-5-11(17-3)7-13(12)14/h5-7,9-10,15H,8H2,1-4H3/t9-,10+,18+/m1/s1. The third kappa shape index (κ3) is 4.07. The number of benzene rings is 1. The van der Waals surface area contributed by atoms with Crippen molar-refractivity contribution in [3.05, 3.63) is 29.6 Å². The van der Waals surface area contributed by atoms with Crippen molar-refractivity contribution < 1.29 is 13.3 Å². The fraction of sp³-hybridized carbons (Fsp3) is 0.538. The van der Waals surface area contributed by atoms with Crippen molar-refractivity contribution in [2.24, 2.45) is 0 Å². The fourth-order valence-electron chi connectivity index (χ4n) is 1.56. The molecule has 0 saturated carbocycles. The predicted octanol–water partition coefficient (Wildman–Crippen LogP) is 2.25. The summed E-state index contributed by atoms with van der Waals surface area (Å²) in [5.74, 6) is 0.214. The highest BCUT2D eigenvalue weighted by molar-refractivity contribution is 7.84. The Morgan fingerprint density at radius 2 is 2.11 bits per heavy atom. The SMILES string of the molecule is COc1ccc([C@H](C)NC[C@@H](C)[S@](C)=O)c(F)c1. The second kappa shape index (κ2) is 6.85. The Balaban J connectivity index is 2.66. The number of hydrogen-bond acceptors (Lipinski definition) is 3. The van der Waals surface area contributed by atoms with Gasteiger partial charge in [0.05, 0.1) is 7.11 Å². The van der Waals surface area contributed by atoms with E-state index < -0.39 is 10.8 Å². The summed E-state index contributed by atoms with van der Waals surface area (Å²) in [5.41, 5.74) is 0.588. The molecule has 0 aliphatic rings. The Bertz CT molecular complexity index is 425. The summed E-state index contributed by atoms with van der Waals surface area (Å²) in [4.78, 5) is 0. The molecule has 0 radical (unpaired) electrons. The van der Waals surface area contributed by atoms with Crippen LogP contribution in [0.25, 0.3) is 0 Å². The van der Waals surface area contributed by atoms with E-state index in [0.717, 1.165) is 0 Å². The molecule has 0 aliphatic heterocycles. The van der Waals surface area contributed by atoms with Gasteiger partial charge in [0, 0.05) is 46.5 Å². The molecular formula is C13H20FNO2S. The highest BCUT2D eigenvalue weighted by atomic mass is 32.2. The van der Waals surface area contributed by atoms with Crippen LogP contribution >= 0.6 is 0 Å². The van der Waals surface area contributed by atoms with E-state index in [1.54, 1.807) is 18.4 Å². The minimum absolute atomic E-state index is 0.0498. The first-order valence-electron chi connectivity index (χ1n) is 5.84. The van der Waals surface area contributed by atoms with Crippen LogP contribution in [0, 0.1) is 5.82 Å². The van der Waals surface area contributed by atoms with E-state index >= 15 is 0 Å². The molecule has 0 aliphatic carbocycles. The average Bonchev–Trinajstić information content (AvgIpc) is 2.34. The van der Waals surface area contributed by atoms with Crippen LogP contribution in [0.3, 0.4) is 0 Å². The molecule has 0 bridgehead atoms. The molecule has 1 aromatic rings. The van der Waals surface area contributed by atoms with Crippen molar-refractivity contribution >= 4 is 10.8 Å². The predicted molar refractivity (Wildman–Crippen MR) is 72.9 cm³/mol. The van der Waals surface area contributed by atoms with Crippen LogP contribution in [0.5, 0.6) is 5.75 Å². The highest BCUT2D eigenvalue weighted by Crippen LogP contribution is 2.21. The van der Waals surface area contributed by atoms with Crippen molar-refractivity contribution in [1.82, 2.24) is 5.32 Å².